The van der Waals surface area contributed by atoms with E-state index in [1.165, 1.54) is 12.7 Å². The van der Waals surface area contributed by atoms with E-state index in [4.69, 9.17) is 0 Å². The van der Waals surface area contributed by atoms with E-state index < -0.39 is 0 Å². The molecule has 3 heteroatoms. The topological polar surface area (TPSA) is 39.2 Å². The van der Waals surface area contributed by atoms with E-state index >= 15 is 0 Å². The van der Waals surface area contributed by atoms with Crippen LogP contribution in [0.15, 0.2) is 48.8 Å². The lowest BCUT2D eigenvalue weighted by atomic mass is 10.0. The summed E-state index contributed by atoms with van der Waals surface area (Å²) in [6.45, 7) is 0. The minimum Gasteiger partial charge on any atom is -0.469 e. The molecule has 2 aromatic rings. The Balaban J connectivity index is 1.97. The molecule has 0 aliphatic carbocycles. The normalized spacial score (nSPS) is 10.2. The quantitative estimate of drug-likeness (QED) is 0.771. The Kier molecular flexibility index (Phi) is 4.67. The van der Waals surface area contributed by atoms with Crippen LogP contribution in [0.2, 0.25) is 0 Å². The Morgan fingerprint density at radius 3 is 2.47 bits per heavy atom. The summed E-state index contributed by atoms with van der Waals surface area (Å²) in [4.78, 5) is 15.4. The minimum absolute atomic E-state index is 0.234. The minimum atomic E-state index is -0.234. The number of carbonyl (C=O) groups is 1. The molecule has 0 bridgehead atoms. The third-order valence-corrected chi connectivity index (χ3v) is 2.97. The van der Waals surface area contributed by atoms with Crippen LogP contribution >= 0.6 is 0 Å². The number of ether oxygens (including phenoxy) is 1. The molecule has 0 spiro atoms. The number of benzene rings is 1. The summed E-state index contributed by atoms with van der Waals surface area (Å²) < 4.78 is 4.66. The zero-order valence-electron chi connectivity index (χ0n) is 11.0. The zero-order valence-corrected chi connectivity index (χ0v) is 11.0. The van der Waals surface area contributed by atoms with E-state index in [2.05, 4.69) is 21.9 Å². The van der Waals surface area contributed by atoms with Crippen molar-refractivity contribution in [1.29, 1.82) is 0 Å². The number of methoxy groups -OCH3 is 1. The highest BCUT2D eigenvalue weighted by atomic mass is 16.5. The summed E-state index contributed by atoms with van der Waals surface area (Å²) in [6, 6.07) is 12.4. The van der Waals surface area contributed by atoms with Gasteiger partial charge in [-0.25, -0.2) is 0 Å². The third-order valence-electron chi connectivity index (χ3n) is 2.97. The van der Waals surface area contributed by atoms with Gasteiger partial charge in [-0.2, -0.15) is 0 Å². The second-order valence-electron chi connectivity index (χ2n) is 4.44. The average molecular weight is 255 g/mol. The van der Waals surface area contributed by atoms with E-state index in [1.807, 2.05) is 30.5 Å². The number of esters is 1. The smallest absolute Gasteiger partial charge is 0.310 e. The molecule has 0 fully saturated rings. The van der Waals surface area contributed by atoms with Crippen molar-refractivity contribution in [2.45, 2.75) is 19.3 Å². The van der Waals surface area contributed by atoms with Crippen LogP contribution in [0.1, 0.15) is 16.7 Å². The molecule has 98 valence electrons. The number of rotatable bonds is 5. The average Bonchev–Trinajstić information content (AvgIpc) is 2.46. The monoisotopic (exact) mass is 255 g/mol. The maximum atomic E-state index is 11.2. The highest BCUT2D eigenvalue weighted by Gasteiger charge is 2.04. The number of hydrogen-bond donors (Lipinski definition) is 0. The van der Waals surface area contributed by atoms with E-state index in [9.17, 15) is 4.79 Å². The first-order valence-corrected chi connectivity index (χ1v) is 6.31. The lowest BCUT2D eigenvalue weighted by molar-refractivity contribution is -0.139. The summed E-state index contributed by atoms with van der Waals surface area (Å²) in [5.41, 5.74) is 3.35. The van der Waals surface area contributed by atoms with Gasteiger partial charge in [0.25, 0.3) is 0 Å². The number of hydrogen-bond acceptors (Lipinski definition) is 3. The molecule has 0 aliphatic rings. The molecule has 0 N–H and O–H groups in total. The van der Waals surface area contributed by atoms with Gasteiger partial charge in [0.2, 0.25) is 0 Å². The van der Waals surface area contributed by atoms with E-state index in [-0.39, 0.29) is 12.4 Å². The summed E-state index contributed by atoms with van der Waals surface area (Å²) in [5.74, 6) is -0.234. The molecule has 0 amide bonds. The van der Waals surface area contributed by atoms with Crippen LogP contribution in [0.25, 0.3) is 0 Å². The van der Waals surface area contributed by atoms with Gasteiger partial charge in [-0.3, -0.25) is 9.78 Å². The van der Waals surface area contributed by atoms with Gasteiger partial charge < -0.3 is 4.74 Å². The Bertz CT molecular complexity index is 537. The van der Waals surface area contributed by atoms with Crippen molar-refractivity contribution in [3.63, 3.8) is 0 Å². The maximum Gasteiger partial charge on any atom is 0.310 e. The van der Waals surface area contributed by atoms with E-state index in [1.54, 1.807) is 6.20 Å². The second kappa shape index (κ2) is 6.69. The number of nitrogens with zero attached hydrogens (tertiary/aromatic N) is 1. The second-order valence-corrected chi connectivity index (χ2v) is 4.44. The van der Waals surface area contributed by atoms with Crippen molar-refractivity contribution in [3.05, 3.63) is 65.5 Å². The van der Waals surface area contributed by atoms with Gasteiger partial charge in [0, 0.05) is 12.4 Å². The first-order chi connectivity index (χ1) is 9.28. The molecule has 3 nitrogen and oxygen atoms in total. The van der Waals surface area contributed by atoms with E-state index in [0.29, 0.717) is 0 Å². The lowest BCUT2D eigenvalue weighted by Crippen LogP contribution is -2.05. The molecular weight excluding hydrogens is 238 g/mol. The van der Waals surface area contributed by atoms with Crippen LogP contribution in [0.5, 0.6) is 0 Å². The molecule has 2 rings (SSSR count). The number of aromatic nitrogens is 1. The summed E-state index contributed by atoms with van der Waals surface area (Å²) in [7, 11) is 1.40. The summed E-state index contributed by atoms with van der Waals surface area (Å²) in [5, 5.41) is 0. The van der Waals surface area contributed by atoms with Gasteiger partial charge in [-0.05, 0) is 29.5 Å². The molecule has 0 saturated heterocycles. The SMILES string of the molecule is COC(=O)Cc1cncc(CCc2ccccc2)c1. The van der Waals surface area contributed by atoms with Gasteiger partial charge in [0.05, 0.1) is 13.5 Å². The predicted octanol–water partition coefficient (Wildman–Crippen LogP) is 2.58. The van der Waals surface area contributed by atoms with Gasteiger partial charge in [-0.1, -0.05) is 36.4 Å². The molecule has 19 heavy (non-hydrogen) atoms. The van der Waals surface area contributed by atoms with Crippen molar-refractivity contribution in [2.75, 3.05) is 7.11 Å². The first kappa shape index (κ1) is 13.3. The predicted molar refractivity (Wildman–Crippen MR) is 73.8 cm³/mol. The Morgan fingerprint density at radius 1 is 1.05 bits per heavy atom. The highest BCUT2D eigenvalue weighted by molar-refractivity contribution is 5.72. The third kappa shape index (κ3) is 4.21. The lowest BCUT2D eigenvalue weighted by Gasteiger charge is -2.04. The zero-order chi connectivity index (χ0) is 13.5. The molecule has 1 aromatic heterocycles. The van der Waals surface area contributed by atoms with Gasteiger partial charge in [0.1, 0.15) is 0 Å². The van der Waals surface area contributed by atoms with Gasteiger partial charge in [-0.15, -0.1) is 0 Å². The van der Waals surface area contributed by atoms with Crippen LogP contribution in [-0.2, 0) is 28.8 Å². The molecule has 0 aliphatic heterocycles. The van der Waals surface area contributed by atoms with Crippen molar-refractivity contribution >= 4 is 5.97 Å². The van der Waals surface area contributed by atoms with Gasteiger partial charge >= 0.3 is 5.97 Å². The van der Waals surface area contributed by atoms with E-state index in [0.717, 1.165) is 24.0 Å². The number of pyridine rings is 1. The Labute approximate surface area is 113 Å². The fourth-order valence-corrected chi connectivity index (χ4v) is 1.95. The molecule has 0 atom stereocenters. The number of aryl methyl sites for hydroxylation is 2. The number of carbonyl (C=O) groups excluding carboxylic acids is 1. The van der Waals surface area contributed by atoms with Crippen LogP contribution in [0.3, 0.4) is 0 Å². The van der Waals surface area contributed by atoms with Crippen LogP contribution in [0, 0.1) is 0 Å². The summed E-state index contributed by atoms with van der Waals surface area (Å²) in [6.07, 6.45) is 5.74. The van der Waals surface area contributed by atoms with Crippen molar-refractivity contribution in [2.24, 2.45) is 0 Å². The fraction of sp³-hybridized carbons (Fsp3) is 0.250. The summed E-state index contributed by atoms with van der Waals surface area (Å²) >= 11 is 0. The molecule has 0 radical (unpaired) electrons. The van der Waals surface area contributed by atoms with Gasteiger partial charge in [0.15, 0.2) is 0 Å². The van der Waals surface area contributed by atoms with Crippen molar-refractivity contribution < 1.29 is 9.53 Å². The van der Waals surface area contributed by atoms with Crippen molar-refractivity contribution in [1.82, 2.24) is 4.98 Å². The highest BCUT2D eigenvalue weighted by Crippen LogP contribution is 2.09. The molecule has 0 unspecified atom stereocenters. The standard InChI is InChI=1S/C16H17NO2/c1-19-16(18)10-15-9-14(11-17-12-15)8-7-13-5-3-2-4-6-13/h2-6,9,11-12H,7-8,10H2,1H3. The Hall–Kier alpha value is -2.16. The van der Waals surface area contributed by atoms with Crippen LogP contribution in [0.4, 0.5) is 0 Å². The van der Waals surface area contributed by atoms with Crippen molar-refractivity contribution in [3.8, 4) is 0 Å². The van der Waals surface area contributed by atoms with Crippen LogP contribution in [-0.4, -0.2) is 18.1 Å². The molecule has 1 aromatic carbocycles. The maximum absolute atomic E-state index is 11.2. The fourth-order valence-electron chi connectivity index (χ4n) is 1.95. The molecule has 0 saturated carbocycles. The van der Waals surface area contributed by atoms with Crippen LogP contribution < -0.4 is 0 Å². The Morgan fingerprint density at radius 2 is 1.74 bits per heavy atom. The molecular formula is C16H17NO2. The molecule has 1 heterocycles. The first-order valence-electron chi connectivity index (χ1n) is 6.31. The largest absolute Gasteiger partial charge is 0.469 e.